The van der Waals surface area contributed by atoms with Gasteiger partial charge in [0.1, 0.15) is 0 Å². The number of imide groups is 1. The van der Waals surface area contributed by atoms with Gasteiger partial charge in [0, 0.05) is 10.0 Å². The Balaban J connectivity index is 1.58. The molecule has 6 atom stereocenters. The molecule has 1 aliphatic heterocycles. The molecule has 0 spiro atoms. The van der Waals surface area contributed by atoms with E-state index in [1.54, 1.807) is 18.2 Å². The molecule has 1 heterocycles. The van der Waals surface area contributed by atoms with Gasteiger partial charge in [-0.2, -0.15) is 0 Å². The van der Waals surface area contributed by atoms with E-state index in [9.17, 15) is 9.59 Å². The second-order valence-electron chi connectivity index (χ2n) is 6.82. The lowest BCUT2D eigenvalue weighted by Gasteiger charge is -2.18. The Morgan fingerprint density at radius 3 is 1.81 bits per heavy atom. The van der Waals surface area contributed by atoms with Crippen LogP contribution in [0.3, 0.4) is 0 Å². The number of anilines is 1. The van der Waals surface area contributed by atoms with Gasteiger partial charge in [-0.1, -0.05) is 23.2 Å². The van der Waals surface area contributed by atoms with E-state index >= 15 is 0 Å². The first-order valence-corrected chi connectivity index (χ1v) is 8.16. The Morgan fingerprint density at radius 1 is 0.810 bits per heavy atom. The molecule has 2 bridgehead atoms. The number of rotatable bonds is 1. The van der Waals surface area contributed by atoms with Crippen LogP contribution in [0.5, 0.6) is 0 Å². The first kappa shape index (κ1) is 12.5. The molecule has 0 radical (unpaired) electrons. The maximum atomic E-state index is 12.8. The van der Waals surface area contributed by atoms with Crippen LogP contribution in [0.15, 0.2) is 18.2 Å². The highest BCUT2D eigenvalue weighted by Gasteiger charge is 2.71. The minimum Gasteiger partial charge on any atom is -0.274 e. The molecule has 1 saturated heterocycles. The third-order valence-electron chi connectivity index (χ3n) is 5.96. The second kappa shape index (κ2) is 3.82. The largest absolute Gasteiger partial charge is 0.274 e. The van der Waals surface area contributed by atoms with Crippen molar-refractivity contribution in [2.75, 3.05) is 4.90 Å². The number of amides is 2. The quantitative estimate of drug-likeness (QED) is 0.743. The monoisotopic (exact) mass is 321 g/mol. The Morgan fingerprint density at radius 2 is 1.29 bits per heavy atom. The molecule has 4 fully saturated rings. The predicted octanol–water partition coefficient (Wildman–Crippen LogP) is 3.38. The summed E-state index contributed by atoms with van der Waals surface area (Å²) < 4.78 is 0. The van der Waals surface area contributed by atoms with Gasteiger partial charge in [0.2, 0.25) is 11.8 Å². The normalized spacial score (nSPS) is 42.5. The Kier molecular flexibility index (Phi) is 2.27. The summed E-state index contributed by atoms with van der Waals surface area (Å²) in [6.07, 6.45) is 2.30. The summed E-state index contributed by atoms with van der Waals surface area (Å²) in [7, 11) is 0. The van der Waals surface area contributed by atoms with Crippen molar-refractivity contribution in [1.29, 1.82) is 0 Å². The minimum absolute atomic E-state index is 0.0406. The Hall–Kier alpha value is -1.06. The number of hydrogen-bond acceptors (Lipinski definition) is 2. The molecule has 6 unspecified atom stereocenters. The number of carbonyl (C=O) groups is 2. The molecule has 2 amide bonds. The van der Waals surface area contributed by atoms with E-state index in [-0.39, 0.29) is 23.7 Å². The van der Waals surface area contributed by atoms with E-state index in [0.29, 0.717) is 39.4 Å². The van der Waals surface area contributed by atoms with Crippen LogP contribution in [-0.2, 0) is 9.59 Å². The fourth-order valence-electron chi connectivity index (χ4n) is 5.25. The molecular formula is C16H13Cl2NO2. The summed E-state index contributed by atoms with van der Waals surface area (Å²) in [5, 5.41) is 0.891. The van der Waals surface area contributed by atoms with Gasteiger partial charge in [-0.15, -0.1) is 0 Å². The topological polar surface area (TPSA) is 37.4 Å². The van der Waals surface area contributed by atoms with Gasteiger partial charge in [0.05, 0.1) is 17.5 Å². The van der Waals surface area contributed by atoms with Crippen molar-refractivity contribution in [2.45, 2.75) is 12.8 Å². The molecule has 1 aromatic rings. The van der Waals surface area contributed by atoms with Gasteiger partial charge in [0.25, 0.3) is 0 Å². The average molecular weight is 322 g/mol. The zero-order valence-corrected chi connectivity index (χ0v) is 12.6. The Labute approximate surface area is 132 Å². The zero-order valence-electron chi connectivity index (χ0n) is 11.1. The summed E-state index contributed by atoms with van der Waals surface area (Å²) in [4.78, 5) is 26.9. The van der Waals surface area contributed by atoms with E-state index in [0.717, 1.165) is 6.42 Å². The molecule has 3 saturated carbocycles. The van der Waals surface area contributed by atoms with Crippen LogP contribution in [0.25, 0.3) is 0 Å². The predicted molar refractivity (Wildman–Crippen MR) is 79.1 cm³/mol. The number of hydrogen-bond donors (Lipinski definition) is 0. The van der Waals surface area contributed by atoms with Gasteiger partial charge < -0.3 is 0 Å². The highest BCUT2D eigenvalue weighted by molar-refractivity contribution is 6.35. The third kappa shape index (κ3) is 1.46. The molecule has 4 aliphatic rings. The van der Waals surface area contributed by atoms with Gasteiger partial charge in [-0.3, -0.25) is 9.59 Å². The van der Waals surface area contributed by atoms with E-state index in [1.807, 2.05) is 0 Å². The molecule has 1 aromatic carbocycles. The summed E-state index contributed by atoms with van der Waals surface area (Å²) in [6, 6.07) is 4.90. The molecule has 108 valence electrons. The van der Waals surface area contributed by atoms with Crippen molar-refractivity contribution >= 4 is 40.7 Å². The van der Waals surface area contributed by atoms with Crippen LogP contribution in [0.4, 0.5) is 5.69 Å². The fraction of sp³-hybridized carbons (Fsp3) is 0.500. The van der Waals surface area contributed by atoms with Crippen LogP contribution < -0.4 is 4.90 Å². The summed E-state index contributed by atoms with van der Waals surface area (Å²) in [5.41, 5.74) is 0.518. The first-order valence-electron chi connectivity index (χ1n) is 7.40. The highest BCUT2D eigenvalue weighted by atomic mass is 35.5. The third-order valence-corrected chi connectivity index (χ3v) is 6.40. The van der Waals surface area contributed by atoms with Crippen molar-refractivity contribution in [3.05, 3.63) is 28.2 Å². The van der Waals surface area contributed by atoms with E-state index in [4.69, 9.17) is 23.2 Å². The number of benzene rings is 1. The van der Waals surface area contributed by atoms with Gasteiger partial charge in [0.15, 0.2) is 0 Å². The molecule has 3 aliphatic carbocycles. The lowest BCUT2D eigenvalue weighted by molar-refractivity contribution is -0.123. The molecule has 0 aromatic heterocycles. The average Bonchev–Trinajstić information content (AvgIpc) is 2.92. The minimum atomic E-state index is -0.0935. The fourth-order valence-corrected chi connectivity index (χ4v) is 5.76. The first-order chi connectivity index (χ1) is 10.1. The maximum absolute atomic E-state index is 12.8. The van der Waals surface area contributed by atoms with Crippen molar-refractivity contribution in [3.8, 4) is 0 Å². The number of carbonyl (C=O) groups excluding carboxylic acids is 2. The molecule has 21 heavy (non-hydrogen) atoms. The summed E-state index contributed by atoms with van der Waals surface area (Å²) in [6.45, 7) is 0. The molecule has 3 nitrogen and oxygen atoms in total. The van der Waals surface area contributed by atoms with E-state index < -0.39 is 0 Å². The number of halogens is 2. The van der Waals surface area contributed by atoms with Gasteiger partial charge in [-0.05, 0) is 54.7 Å². The van der Waals surface area contributed by atoms with Gasteiger partial charge >= 0.3 is 0 Å². The van der Waals surface area contributed by atoms with Crippen LogP contribution >= 0.6 is 23.2 Å². The summed E-state index contributed by atoms with van der Waals surface area (Å²) >= 11 is 12.0. The van der Waals surface area contributed by atoms with Crippen molar-refractivity contribution < 1.29 is 9.59 Å². The van der Waals surface area contributed by atoms with Gasteiger partial charge in [-0.25, -0.2) is 4.90 Å². The lowest BCUT2D eigenvalue weighted by Crippen LogP contribution is -2.33. The summed E-state index contributed by atoms with van der Waals surface area (Å²) in [5.74, 6) is 2.00. The van der Waals surface area contributed by atoms with Crippen molar-refractivity contribution in [1.82, 2.24) is 0 Å². The standard InChI is InChI=1S/C16H13Cl2NO2/c17-6-1-7(18)3-8(2-6)19-15(20)13-11-5-12(10-4-9(10)11)14(13)16(19)21/h1-3,9-14H,4-5H2. The lowest BCUT2D eigenvalue weighted by atomic mass is 9.81. The van der Waals surface area contributed by atoms with Crippen LogP contribution in [0, 0.1) is 35.5 Å². The highest BCUT2D eigenvalue weighted by Crippen LogP contribution is 2.71. The van der Waals surface area contributed by atoms with E-state index in [1.165, 1.54) is 11.3 Å². The van der Waals surface area contributed by atoms with Crippen LogP contribution in [0.1, 0.15) is 12.8 Å². The molecule has 5 heteroatoms. The van der Waals surface area contributed by atoms with Crippen LogP contribution in [0.2, 0.25) is 10.0 Å². The number of fused-ring (bicyclic) bond motifs is 8. The maximum Gasteiger partial charge on any atom is 0.237 e. The van der Waals surface area contributed by atoms with E-state index in [2.05, 4.69) is 0 Å². The molecular weight excluding hydrogens is 309 g/mol. The Bertz CT molecular complexity index is 651. The second-order valence-corrected chi connectivity index (χ2v) is 7.69. The molecule has 5 rings (SSSR count). The zero-order chi connectivity index (χ0) is 14.5. The van der Waals surface area contributed by atoms with Crippen molar-refractivity contribution in [3.63, 3.8) is 0 Å². The SMILES string of the molecule is O=C1C2C3CC(C4CC43)C2C(=O)N1c1cc(Cl)cc(Cl)c1. The van der Waals surface area contributed by atoms with Crippen molar-refractivity contribution in [2.24, 2.45) is 35.5 Å². The molecule has 0 N–H and O–H groups in total. The van der Waals surface area contributed by atoms with Crippen LogP contribution in [-0.4, -0.2) is 11.8 Å². The smallest absolute Gasteiger partial charge is 0.237 e. The number of nitrogens with zero attached hydrogens (tertiary/aromatic N) is 1.